The molecule has 0 aromatic carbocycles. The first kappa shape index (κ1) is 22.7. The fourth-order valence-electron chi connectivity index (χ4n) is 1.96. The second-order valence-electron chi connectivity index (χ2n) is 6.09. The first-order chi connectivity index (χ1) is 11.8. The maximum atomic E-state index is 11.6. The molecule has 0 aromatic rings. The topological polar surface area (TPSA) is 52.6 Å². The molecule has 0 radical (unpaired) electrons. The summed E-state index contributed by atoms with van der Waals surface area (Å²) in [4.78, 5) is 22.9. The van der Waals surface area contributed by atoms with Crippen molar-refractivity contribution in [2.24, 2.45) is 0 Å². The minimum atomic E-state index is -0.606. The molecule has 0 saturated carbocycles. The van der Waals surface area contributed by atoms with Crippen LogP contribution in [0.2, 0.25) is 0 Å². The lowest BCUT2D eigenvalue weighted by atomic mass is 10.1. The predicted molar refractivity (Wildman–Crippen MR) is 101 cm³/mol. The number of ether oxygens (including phenoxy) is 2. The van der Waals surface area contributed by atoms with Gasteiger partial charge in [-0.1, -0.05) is 23.3 Å². The standard InChI is InChI=1S/C21H30O4/c1-16(2)9-7-10-17(3)11-8-12-18(4)13-14-19(21(23)25-6)15-20(22)24-5/h9,11,14-15H,7-8,10,12H2,1-6H3/b17-11?,19-15-. The van der Waals surface area contributed by atoms with Crippen LogP contribution < -0.4 is 0 Å². The van der Waals surface area contributed by atoms with Crippen molar-refractivity contribution in [1.82, 2.24) is 0 Å². The number of rotatable bonds is 9. The molecule has 0 unspecified atom stereocenters. The van der Waals surface area contributed by atoms with Gasteiger partial charge in [0.2, 0.25) is 0 Å². The molecule has 25 heavy (non-hydrogen) atoms. The van der Waals surface area contributed by atoms with Crippen molar-refractivity contribution in [3.05, 3.63) is 52.3 Å². The maximum absolute atomic E-state index is 11.6. The molecule has 0 aromatic heterocycles. The molecule has 4 nitrogen and oxygen atoms in total. The van der Waals surface area contributed by atoms with Gasteiger partial charge >= 0.3 is 11.9 Å². The summed E-state index contributed by atoms with van der Waals surface area (Å²) in [6.45, 7) is 8.30. The number of methoxy groups -OCH3 is 2. The van der Waals surface area contributed by atoms with E-state index in [2.05, 4.69) is 48.1 Å². The number of allylic oxidation sites excluding steroid dienone is 4. The number of hydrogen-bond acceptors (Lipinski definition) is 4. The van der Waals surface area contributed by atoms with Gasteiger partial charge in [0.25, 0.3) is 0 Å². The lowest BCUT2D eigenvalue weighted by Gasteiger charge is -2.00. The molecule has 0 amide bonds. The Kier molecular flexibility index (Phi) is 11.8. The average molecular weight is 346 g/mol. The summed E-state index contributed by atoms with van der Waals surface area (Å²) < 4.78 is 9.18. The van der Waals surface area contributed by atoms with E-state index in [1.165, 1.54) is 31.4 Å². The normalized spacial score (nSPS) is 11.3. The first-order valence-electron chi connectivity index (χ1n) is 8.39. The zero-order valence-corrected chi connectivity index (χ0v) is 16.3. The third kappa shape index (κ3) is 11.8. The second-order valence-corrected chi connectivity index (χ2v) is 6.09. The Hall–Kier alpha value is -2.32. The molecular weight excluding hydrogens is 316 g/mol. The van der Waals surface area contributed by atoms with E-state index in [4.69, 9.17) is 0 Å². The molecule has 0 fully saturated rings. The van der Waals surface area contributed by atoms with Crippen LogP contribution >= 0.6 is 0 Å². The summed E-state index contributed by atoms with van der Waals surface area (Å²) in [6.07, 6.45) is 10.9. The van der Waals surface area contributed by atoms with Gasteiger partial charge in [0.15, 0.2) is 0 Å². The van der Waals surface area contributed by atoms with Gasteiger partial charge in [0, 0.05) is 6.08 Å². The highest BCUT2D eigenvalue weighted by atomic mass is 16.5. The Morgan fingerprint density at radius 1 is 0.920 bits per heavy atom. The molecule has 0 aliphatic rings. The number of carbonyl (C=O) groups excluding carboxylic acids is 2. The van der Waals surface area contributed by atoms with Crippen molar-refractivity contribution in [3.8, 4) is 0 Å². The van der Waals surface area contributed by atoms with Crippen LogP contribution in [0.15, 0.2) is 52.3 Å². The SMILES string of the molecule is COC(=O)/C=C(/C=C=C(C)CCC=C(C)CCC=C(C)C)C(=O)OC. The van der Waals surface area contributed by atoms with E-state index < -0.39 is 11.9 Å². The average Bonchev–Trinajstić information content (AvgIpc) is 2.57. The maximum Gasteiger partial charge on any atom is 0.338 e. The molecule has 0 N–H and O–H groups in total. The molecule has 138 valence electrons. The van der Waals surface area contributed by atoms with E-state index in [9.17, 15) is 9.59 Å². The Labute approximate surface area is 151 Å². The Bertz CT molecular complexity index is 608. The molecule has 0 atom stereocenters. The Morgan fingerprint density at radius 2 is 1.56 bits per heavy atom. The zero-order chi connectivity index (χ0) is 19.2. The van der Waals surface area contributed by atoms with Gasteiger partial charge in [-0.05, 0) is 65.0 Å². The number of carbonyl (C=O) groups is 2. The molecule has 0 aliphatic heterocycles. The van der Waals surface area contributed by atoms with Gasteiger partial charge in [0.05, 0.1) is 19.8 Å². The van der Waals surface area contributed by atoms with Crippen molar-refractivity contribution < 1.29 is 19.1 Å². The summed E-state index contributed by atoms with van der Waals surface area (Å²) in [5.74, 6) is -1.20. The lowest BCUT2D eigenvalue weighted by molar-refractivity contribution is -0.138. The highest BCUT2D eigenvalue weighted by Crippen LogP contribution is 2.11. The van der Waals surface area contributed by atoms with Crippen LogP contribution in [0.4, 0.5) is 0 Å². The summed E-state index contributed by atoms with van der Waals surface area (Å²) >= 11 is 0. The first-order valence-corrected chi connectivity index (χ1v) is 8.39. The van der Waals surface area contributed by atoms with Crippen LogP contribution in [-0.4, -0.2) is 26.2 Å². The van der Waals surface area contributed by atoms with E-state index in [-0.39, 0.29) is 5.57 Å². The van der Waals surface area contributed by atoms with E-state index in [1.54, 1.807) is 0 Å². The van der Waals surface area contributed by atoms with Gasteiger partial charge in [-0.15, -0.1) is 5.73 Å². The van der Waals surface area contributed by atoms with Gasteiger partial charge in [-0.25, -0.2) is 9.59 Å². The van der Waals surface area contributed by atoms with E-state index in [1.807, 2.05) is 6.92 Å². The largest absolute Gasteiger partial charge is 0.466 e. The third-order valence-corrected chi connectivity index (χ3v) is 3.47. The number of esters is 2. The Balaban J connectivity index is 4.79. The molecule has 0 saturated heterocycles. The van der Waals surface area contributed by atoms with Gasteiger partial charge in [0.1, 0.15) is 0 Å². The molecule has 0 bridgehead atoms. The molecule has 0 rings (SSSR count). The van der Waals surface area contributed by atoms with Crippen molar-refractivity contribution in [2.75, 3.05) is 14.2 Å². The third-order valence-electron chi connectivity index (χ3n) is 3.47. The van der Waals surface area contributed by atoms with Crippen molar-refractivity contribution in [3.63, 3.8) is 0 Å². The molecular formula is C21H30O4. The van der Waals surface area contributed by atoms with E-state index in [0.29, 0.717) is 0 Å². The summed E-state index contributed by atoms with van der Waals surface area (Å²) in [5.41, 5.74) is 6.86. The smallest absolute Gasteiger partial charge is 0.338 e. The number of hydrogen-bond donors (Lipinski definition) is 0. The lowest BCUT2D eigenvalue weighted by Crippen LogP contribution is -2.06. The molecule has 0 aliphatic carbocycles. The van der Waals surface area contributed by atoms with Crippen LogP contribution in [0.3, 0.4) is 0 Å². The van der Waals surface area contributed by atoms with E-state index in [0.717, 1.165) is 37.3 Å². The molecule has 0 spiro atoms. The quantitative estimate of drug-likeness (QED) is 0.197. The summed E-state index contributed by atoms with van der Waals surface area (Å²) in [5, 5.41) is 0. The summed E-state index contributed by atoms with van der Waals surface area (Å²) in [6, 6.07) is 0. The van der Waals surface area contributed by atoms with Crippen LogP contribution in [0.5, 0.6) is 0 Å². The zero-order valence-electron chi connectivity index (χ0n) is 16.3. The van der Waals surface area contributed by atoms with Gasteiger partial charge in [-0.3, -0.25) is 0 Å². The van der Waals surface area contributed by atoms with Gasteiger partial charge in [-0.2, -0.15) is 0 Å². The van der Waals surface area contributed by atoms with Crippen molar-refractivity contribution in [1.29, 1.82) is 0 Å². The minimum Gasteiger partial charge on any atom is -0.466 e. The van der Waals surface area contributed by atoms with Crippen LogP contribution in [-0.2, 0) is 19.1 Å². The fourth-order valence-corrected chi connectivity index (χ4v) is 1.96. The van der Waals surface area contributed by atoms with Gasteiger partial charge < -0.3 is 9.47 Å². The van der Waals surface area contributed by atoms with Crippen LogP contribution in [0.25, 0.3) is 0 Å². The molecule has 0 heterocycles. The minimum absolute atomic E-state index is 0.113. The van der Waals surface area contributed by atoms with Crippen LogP contribution in [0.1, 0.15) is 53.4 Å². The summed E-state index contributed by atoms with van der Waals surface area (Å²) in [7, 11) is 2.52. The fraction of sp³-hybridized carbons (Fsp3) is 0.476. The van der Waals surface area contributed by atoms with Crippen LogP contribution in [0, 0.1) is 0 Å². The van der Waals surface area contributed by atoms with Crippen molar-refractivity contribution in [2.45, 2.75) is 53.4 Å². The highest BCUT2D eigenvalue weighted by Gasteiger charge is 2.08. The molecule has 4 heteroatoms. The second kappa shape index (κ2) is 13.0. The van der Waals surface area contributed by atoms with Crippen molar-refractivity contribution >= 4 is 11.9 Å². The highest BCUT2D eigenvalue weighted by molar-refractivity contribution is 5.98. The van der Waals surface area contributed by atoms with E-state index >= 15 is 0 Å². The Morgan fingerprint density at radius 3 is 2.12 bits per heavy atom. The monoisotopic (exact) mass is 346 g/mol. The predicted octanol–water partition coefficient (Wildman–Crippen LogP) is 4.83.